The highest BCUT2D eigenvalue weighted by Gasteiger charge is 2.34. The van der Waals surface area contributed by atoms with E-state index in [0.29, 0.717) is 21.5 Å². The molecule has 3 heterocycles. The first-order valence-corrected chi connectivity index (χ1v) is 8.36. The molecule has 0 aliphatic carbocycles. The summed E-state index contributed by atoms with van der Waals surface area (Å²) >= 11 is 3.49. The minimum absolute atomic E-state index is 0.0959. The number of hydrogen-bond acceptors (Lipinski definition) is 5. The van der Waals surface area contributed by atoms with Gasteiger partial charge < -0.3 is 14.8 Å². The summed E-state index contributed by atoms with van der Waals surface area (Å²) in [6.07, 6.45) is 0.0959. The standard InChI is InChI=1S/C16H14BrN3O5/c1-19-14-13(15(22)20(2)16(19)23)8(4-12(21)18-14)7-3-10-11(5-9(7)17)25-6-24-10/h3,5,8H,4,6H2,1-2H3,(H,18,21)/t8-/m1/s1. The third kappa shape index (κ3) is 2.30. The molecule has 1 atom stereocenters. The molecular weight excluding hydrogens is 394 g/mol. The van der Waals surface area contributed by atoms with E-state index in [-0.39, 0.29) is 24.9 Å². The molecule has 9 heteroatoms. The van der Waals surface area contributed by atoms with Gasteiger partial charge in [-0.05, 0) is 17.7 Å². The SMILES string of the molecule is Cn1c2c(c(=O)n(C)c1=O)[C@@H](c1cc3c(cc1Br)OCO3)CC(=O)N2. The summed E-state index contributed by atoms with van der Waals surface area (Å²) in [5.74, 6) is 0.638. The van der Waals surface area contributed by atoms with Crippen LogP contribution in [0.25, 0.3) is 0 Å². The van der Waals surface area contributed by atoms with Crippen LogP contribution in [0.1, 0.15) is 23.5 Å². The molecule has 25 heavy (non-hydrogen) atoms. The summed E-state index contributed by atoms with van der Waals surface area (Å²) in [5.41, 5.74) is 0.196. The predicted molar refractivity (Wildman–Crippen MR) is 92.3 cm³/mol. The van der Waals surface area contributed by atoms with Gasteiger partial charge in [0.05, 0.1) is 5.56 Å². The predicted octanol–water partition coefficient (Wildman–Crippen LogP) is 1.05. The number of carbonyl (C=O) groups is 1. The molecule has 0 bridgehead atoms. The van der Waals surface area contributed by atoms with Gasteiger partial charge in [0.2, 0.25) is 12.7 Å². The molecule has 130 valence electrons. The average molecular weight is 408 g/mol. The maximum atomic E-state index is 12.7. The van der Waals surface area contributed by atoms with E-state index < -0.39 is 17.2 Å². The highest BCUT2D eigenvalue weighted by molar-refractivity contribution is 9.10. The summed E-state index contributed by atoms with van der Waals surface area (Å²) in [7, 11) is 2.95. The molecule has 2 aliphatic rings. The maximum absolute atomic E-state index is 12.7. The van der Waals surface area contributed by atoms with Gasteiger partial charge in [-0.1, -0.05) is 15.9 Å². The van der Waals surface area contributed by atoms with Crippen molar-refractivity contribution in [3.05, 3.63) is 48.6 Å². The third-order valence-corrected chi connectivity index (χ3v) is 5.25. The van der Waals surface area contributed by atoms with Gasteiger partial charge in [-0.15, -0.1) is 0 Å². The number of fused-ring (bicyclic) bond motifs is 2. The van der Waals surface area contributed by atoms with Gasteiger partial charge in [0.1, 0.15) is 5.82 Å². The number of aromatic nitrogens is 2. The number of ether oxygens (including phenoxy) is 2. The smallest absolute Gasteiger partial charge is 0.332 e. The average Bonchev–Trinajstić information content (AvgIpc) is 3.03. The molecule has 2 aliphatic heterocycles. The van der Waals surface area contributed by atoms with E-state index in [1.54, 1.807) is 12.1 Å². The molecule has 1 amide bonds. The van der Waals surface area contributed by atoms with Crippen molar-refractivity contribution in [2.45, 2.75) is 12.3 Å². The lowest BCUT2D eigenvalue weighted by molar-refractivity contribution is -0.116. The molecule has 8 nitrogen and oxygen atoms in total. The molecule has 0 unspecified atom stereocenters. The first-order chi connectivity index (χ1) is 11.9. The Morgan fingerprint density at radius 1 is 1.12 bits per heavy atom. The fourth-order valence-corrected chi connectivity index (χ4v) is 3.87. The van der Waals surface area contributed by atoms with Gasteiger partial charge in [-0.25, -0.2) is 4.79 Å². The Bertz CT molecular complexity index is 1040. The Kier molecular flexibility index (Phi) is 3.50. The van der Waals surface area contributed by atoms with Crippen LogP contribution in [-0.4, -0.2) is 21.8 Å². The number of hydrogen-bond donors (Lipinski definition) is 1. The van der Waals surface area contributed by atoms with E-state index in [1.165, 1.54) is 18.7 Å². The van der Waals surface area contributed by atoms with Crippen LogP contribution < -0.4 is 26.0 Å². The summed E-state index contributed by atoms with van der Waals surface area (Å²) < 4.78 is 13.8. The topological polar surface area (TPSA) is 91.6 Å². The number of carbonyl (C=O) groups excluding carboxylic acids is 1. The first-order valence-electron chi connectivity index (χ1n) is 7.57. The van der Waals surface area contributed by atoms with Gasteiger partial charge in [0, 0.05) is 30.9 Å². The van der Waals surface area contributed by atoms with Crippen LogP contribution in [-0.2, 0) is 18.9 Å². The number of halogens is 1. The van der Waals surface area contributed by atoms with Crippen LogP contribution in [0.2, 0.25) is 0 Å². The van der Waals surface area contributed by atoms with E-state index in [2.05, 4.69) is 21.2 Å². The van der Waals surface area contributed by atoms with Crippen LogP contribution in [0.4, 0.5) is 5.82 Å². The number of amides is 1. The summed E-state index contributed by atoms with van der Waals surface area (Å²) in [5, 5.41) is 2.65. The molecule has 1 N–H and O–H groups in total. The van der Waals surface area contributed by atoms with Crippen LogP contribution in [0.5, 0.6) is 11.5 Å². The quantitative estimate of drug-likeness (QED) is 0.762. The molecule has 0 saturated heterocycles. The van der Waals surface area contributed by atoms with Crippen LogP contribution in [0.3, 0.4) is 0 Å². The van der Waals surface area contributed by atoms with Crippen molar-refractivity contribution in [2.75, 3.05) is 12.1 Å². The van der Waals surface area contributed by atoms with Crippen molar-refractivity contribution in [1.82, 2.24) is 9.13 Å². The van der Waals surface area contributed by atoms with Crippen molar-refractivity contribution in [3.63, 3.8) is 0 Å². The van der Waals surface area contributed by atoms with Crippen molar-refractivity contribution < 1.29 is 14.3 Å². The van der Waals surface area contributed by atoms with Crippen LogP contribution >= 0.6 is 15.9 Å². The third-order valence-electron chi connectivity index (χ3n) is 4.56. The molecule has 0 fully saturated rings. The maximum Gasteiger partial charge on any atom is 0.332 e. The molecule has 1 aromatic carbocycles. The fourth-order valence-electron chi connectivity index (χ4n) is 3.27. The molecule has 0 spiro atoms. The second-order valence-electron chi connectivity index (χ2n) is 6.00. The number of rotatable bonds is 1. The van der Waals surface area contributed by atoms with E-state index in [4.69, 9.17) is 9.47 Å². The lowest BCUT2D eigenvalue weighted by atomic mass is 9.86. The zero-order valence-electron chi connectivity index (χ0n) is 13.5. The van der Waals surface area contributed by atoms with Gasteiger partial charge in [0.25, 0.3) is 5.56 Å². The van der Waals surface area contributed by atoms with Crippen molar-refractivity contribution >= 4 is 27.7 Å². The molecule has 2 aromatic rings. The molecule has 4 rings (SSSR count). The highest BCUT2D eigenvalue weighted by Crippen LogP contribution is 2.43. The largest absolute Gasteiger partial charge is 0.454 e. The zero-order chi connectivity index (χ0) is 17.9. The normalized spacial score (nSPS) is 18.0. The summed E-state index contributed by atoms with van der Waals surface area (Å²) in [6, 6.07) is 3.53. The molecular formula is C16H14BrN3O5. The Hall–Kier alpha value is -2.55. The number of anilines is 1. The lowest BCUT2D eigenvalue weighted by Crippen LogP contribution is -2.44. The van der Waals surface area contributed by atoms with Gasteiger partial charge >= 0.3 is 5.69 Å². The number of nitrogens with one attached hydrogen (secondary N) is 1. The highest BCUT2D eigenvalue weighted by atomic mass is 79.9. The molecule has 1 aromatic heterocycles. The van der Waals surface area contributed by atoms with Gasteiger partial charge in [0.15, 0.2) is 11.5 Å². The van der Waals surface area contributed by atoms with E-state index in [1.807, 2.05) is 0 Å². The van der Waals surface area contributed by atoms with Crippen molar-refractivity contribution in [1.29, 1.82) is 0 Å². The second kappa shape index (κ2) is 5.48. The minimum Gasteiger partial charge on any atom is -0.454 e. The van der Waals surface area contributed by atoms with Crippen LogP contribution in [0, 0.1) is 0 Å². The van der Waals surface area contributed by atoms with Crippen molar-refractivity contribution in [3.8, 4) is 11.5 Å². The summed E-state index contributed by atoms with van der Waals surface area (Å²) in [4.78, 5) is 37.1. The molecule has 0 radical (unpaired) electrons. The summed E-state index contributed by atoms with van der Waals surface area (Å²) in [6.45, 7) is 0.128. The Morgan fingerprint density at radius 2 is 1.80 bits per heavy atom. The Balaban J connectivity index is 1.99. The first kappa shape index (κ1) is 15.9. The molecule has 0 saturated carbocycles. The zero-order valence-corrected chi connectivity index (χ0v) is 15.0. The number of benzene rings is 1. The van der Waals surface area contributed by atoms with Gasteiger partial charge in [-0.3, -0.25) is 18.7 Å². The van der Waals surface area contributed by atoms with Crippen molar-refractivity contribution in [2.24, 2.45) is 14.1 Å². The Morgan fingerprint density at radius 3 is 2.52 bits per heavy atom. The van der Waals surface area contributed by atoms with E-state index >= 15 is 0 Å². The van der Waals surface area contributed by atoms with E-state index in [9.17, 15) is 14.4 Å². The van der Waals surface area contributed by atoms with Gasteiger partial charge in [-0.2, -0.15) is 0 Å². The second-order valence-corrected chi connectivity index (χ2v) is 6.85. The number of nitrogens with zero attached hydrogens (tertiary/aromatic N) is 2. The minimum atomic E-state index is -0.502. The van der Waals surface area contributed by atoms with E-state index in [0.717, 1.165) is 10.1 Å². The Labute approximate surface area is 150 Å². The lowest BCUT2D eigenvalue weighted by Gasteiger charge is -2.27. The van der Waals surface area contributed by atoms with Crippen LogP contribution in [0.15, 0.2) is 26.2 Å². The fraction of sp³-hybridized carbons (Fsp3) is 0.312. The monoisotopic (exact) mass is 407 g/mol.